The number of allylic oxidation sites excluding steroid dienone is 1. The molecule has 160 valence electrons. The number of thioether (sulfide) groups is 1. The van der Waals surface area contributed by atoms with Crippen LogP contribution in [0.1, 0.15) is 17.9 Å². The second-order valence-corrected chi connectivity index (χ2v) is 8.52. The van der Waals surface area contributed by atoms with Gasteiger partial charge in [-0.3, -0.25) is 9.59 Å². The van der Waals surface area contributed by atoms with Crippen molar-refractivity contribution in [3.8, 4) is 17.6 Å². The first-order chi connectivity index (χ1) is 14.9. The van der Waals surface area contributed by atoms with Gasteiger partial charge in [-0.1, -0.05) is 33.8 Å². The van der Waals surface area contributed by atoms with E-state index in [1.165, 1.54) is 7.11 Å². The summed E-state index contributed by atoms with van der Waals surface area (Å²) in [5, 5.41) is 15.7. The third-order valence-electron chi connectivity index (χ3n) is 4.64. The van der Waals surface area contributed by atoms with Crippen LogP contribution in [0.25, 0.3) is 0 Å². The summed E-state index contributed by atoms with van der Waals surface area (Å²) in [7, 11) is 3.07. The first kappa shape index (κ1) is 22.7. The Labute approximate surface area is 192 Å². The Morgan fingerprint density at radius 1 is 1.23 bits per heavy atom. The number of hydrogen-bond donors (Lipinski definition) is 2. The number of methoxy groups -OCH3 is 2. The highest BCUT2D eigenvalue weighted by molar-refractivity contribution is 9.10. The smallest absolute Gasteiger partial charge is 0.234 e. The lowest BCUT2D eigenvalue weighted by Gasteiger charge is -2.25. The van der Waals surface area contributed by atoms with Gasteiger partial charge in [-0.05, 0) is 42.0 Å². The average molecular weight is 502 g/mol. The molecular weight excluding hydrogens is 482 g/mol. The van der Waals surface area contributed by atoms with Crippen LogP contribution in [0.4, 0.5) is 5.69 Å². The van der Waals surface area contributed by atoms with Crippen LogP contribution in [-0.4, -0.2) is 31.8 Å². The van der Waals surface area contributed by atoms with Crippen LogP contribution >= 0.6 is 27.7 Å². The lowest BCUT2D eigenvalue weighted by molar-refractivity contribution is -0.121. The highest BCUT2D eigenvalue weighted by Gasteiger charge is 2.30. The highest BCUT2D eigenvalue weighted by Crippen LogP contribution is 2.39. The SMILES string of the molecule is COc1ccc(C2CC(=O)NC(SCC(=O)Nc3ccc(Br)cc3)=C2C#N)cc1OC. The van der Waals surface area contributed by atoms with Crippen molar-refractivity contribution in [2.24, 2.45) is 0 Å². The van der Waals surface area contributed by atoms with Crippen LogP contribution in [0.5, 0.6) is 11.5 Å². The minimum Gasteiger partial charge on any atom is -0.493 e. The molecule has 0 saturated heterocycles. The van der Waals surface area contributed by atoms with Gasteiger partial charge in [0.15, 0.2) is 11.5 Å². The van der Waals surface area contributed by atoms with E-state index >= 15 is 0 Å². The number of nitrogens with zero attached hydrogens (tertiary/aromatic N) is 1. The molecular formula is C22H20BrN3O4S. The lowest BCUT2D eigenvalue weighted by Crippen LogP contribution is -2.31. The maximum Gasteiger partial charge on any atom is 0.234 e. The normalized spacial score (nSPS) is 15.7. The van der Waals surface area contributed by atoms with Crippen molar-refractivity contribution in [3.05, 3.63) is 63.1 Å². The minimum atomic E-state index is -0.435. The summed E-state index contributed by atoms with van der Waals surface area (Å²) >= 11 is 4.48. The quantitative estimate of drug-likeness (QED) is 0.590. The zero-order valence-corrected chi connectivity index (χ0v) is 19.3. The van der Waals surface area contributed by atoms with Crippen molar-refractivity contribution < 1.29 is 19.1 Å². The van der Waals surface area contributed by atoms with Gasteiger partial charge in [-0.15, -0.1) is 0 Å². The molecule has 9 heteroatoms. The van der Waals surface area contributed by atoms with Crippen molar-refractivity contribution in [1.82, 2.24) is 5.32 Å². The van der Waals surface area contributed by atoms with E-state index in [-0.39, 0.29) is 24.0 Å². The summed E-state index contributed by atoms with van der Waals surface area (Å²) in [5.74, 6) is 0.250. The molecule has 0 bridgehead atoms. The molecule has 0 spiro atoms. The monoisotopic (exact) mass is 501 g/mol. The molecule has 2 aromatic carbocycles. The Morgan fingerprint density at radius 3 is 2.58 bits per heavy atom. The van der Waals surface area contributed by atoms with Crippen LogP contribution in [-0.2, 0) is 9.59 Å². The van der Waals surface area contributed by atoms with E-state index in [0.717, 1.165) is 21.8 Å². The second-order valence-electron chi connectivity index (χ2n) is 6.62. The van der Waals surface area contributed by atoms with E-state index in [9.17, 15) is 14.9 Å². The summed E-state index contributed by atoms with van der Waals surface area (Å²) in [6.45, 7) is 0. The molecule has 1 atom stereocenters. The molecule has 1 aliphatic rings. The molecule has 31 heavy (non-hydrogen) atoms. The van der Waals surface area contributed by atoms with Crippen molar-refractivity contribution in [3.63, 3.8) is 0 Å². The number of benzene rings is 2. The molecule has 0 saturated carbocycles. The first-order valence-corrected chi connectivity index (χ1v) is 11.1. The van der Waals surface area contributed by atoms with Crippen molar-refractivity contribution in [2.75, 3.05) is 25.3 Å². The molecule has 1 aliphatic heterocycles. The molecule has 7 nitrogen and oxygen atoms in total. The standard InChI is InChI=1S/C22H20BrN3O4S/c1-29-18-8-3-13(9-19(18)30-2)16-10-20(27)26-22(17(16)11-24)31-12-21(28)25-15-6-4-14(23)5-7-15/h3-9,16H,10,12H2,1-2H3,(H,25,28)(H,26,27). The number of amides is 2. The molecule has 1 heterocycles. The van der Waals surface area contributed by atoms with E-state index < -0.39 is 5.92 Å². The van der Waals surface area contributed by atoms with Crippen LogP contribution in [0.15, 0.2) is 57.5 Å². The predicted octanol–water partition coefficient (Wildman–Crippen LogP) is 4.18. The zero-order chi connectivity index (χ0) is 22.4. The lowest BCUT2D eigenvalue weighted by atomic mass is 9.87. The Bertz CT molecular complexity index is 1060. The molecule has 2 aromatic rings. The number of ether oxygens (including phenoxy) is 2. The van der Waals surface area contributed by atoms with Gasteiger partial charge in [0.1, 0.15) is 0 Å². The summed E-state index contributed by atoms with van der Waals surface area (Å²) in [5.41, 5.74) is 1.84. The largest absolute Gasteiger partial charge is 0.493 e. The van der Waals surface area contributed by atoms with E-state index in [4.69, 9.17) is 9.47 Å². The first-order valence-electron chi connectivity index (χ1n) is 9.29. The third kappa shape index (κ3) is 5.60. The molecule has 3 rings (SSSR count). The summed E-state index contributed by atoms with van der Waals surface area (Å²) in [6.07, 6.45) is 0.132. The van der Waals surface area contributed by atoms with Gasteiger partial charge in [0.2, 0.25) is 11.8 Å². The van der Waals surface area contributed by atoms with Gasteiger partial charge < -0.3 is 20.1 Å². The molecule has 0 aliphatic carbocycles. The molecule has 2 amide bonds. The fourth-order valence-electron chi connectivity index (χ4n) is 3.16. The van der Waals surface area contributed by atoms with Crippen LogP contribution < -0.4 is 20.1 Å². The molecule has 0 radical (unpaired) electrons. The van der Waals surface area contributed by atoms with Crippen molar-refractivity contribution >= 4 is 45.2 Å². The van der Waals surface area contributed by atoms with Gasteiger partial charge in [-0.2, -0.15) is 5.26 Å². The van der Waals surface area contributed by atoms with Gasteiger partial charge in [0, 0.05) is 22.5 Å². The number of carbonyl (C=O) groups excluding carboxylic acids is 2. The number of halogens is 1. The maximum atomic E-state index is 12.3. The number of nitriles is 1. The topological polar surface area (TPSA) is 100 Å². The fraction of sp³-hybridized carbons (Fsp3) is 0.227. The Kier molecular flexibility index (Phi) is 7.60. The molecule has 0 fully saturated rings. The van der Waals surface area contributed by atoms with Gasteiger partial charge in [0.05, 0.1) is 36.6 Å². The Morgan fingerprint density at radius 2 is 1.94 bits per heavy atom. The summed E-state index contributed by atoms with van der Waals surface area (Å²) < 4.78 is 11.5. The Balaban J connectivity index is 1.79. The Hall–Kier alpha value is -2.96. The van der Waals surface area contributed by atoms with Gasteiger partial charge >= 0.3 is 0 Å². The van der Waals surface area contributed by atoms with Gasteiger partial charge in [-0.25, -0.2) is 0 Å². The zero-order valence-electron chi connectivity index (χ0n) is 16.9. The summed E-state index contributed by atoms with van der Waals surface area (Å²) in [4.78, 5) is 24.7. The van der Waals surface area contributed by atoms with E-state index in [0.29, 0.717) is 27.8 Å². The van der Waals surface area contributed by atoms with Crippen molar-refractivity contribution in [2.45, 2.75) is 12.3 Å². The molecule has 2 N–H and O–H groups in total. The van der Waals surface area contributed by atoms with Crippen LogP contribution in [0, 0.1) is 11.3 Å². The van der Waals surface area contributed by atoms with E-state index in [1.807, 2.05) is 18.2 Å². The predicted molar refractivity (Wildman–Crippen MR) is 123 cm³/mol. The number of anilines is 1. The highest BCUT2D eigenvalue weighted by atomic mass is 79.9. The van der Waals surface area contributed by atoms with Crippen LogP contribution in [0.3, 0.4) is 0 Å². The number of nitrogens with one attached hydrogen (secondary N) is 2. The molecule has 1 unspecified atom stereocenters. The van der Waals surface area contributed by atoms with Crippen LogP contribution in [0.2, 0.25) is 0 Å². The third-order valence-corrected chi connectivity index (χ3v) is 6.19. The van der Waals surface area contributed by atoms with Gasteiger partial charge in [0.25, 0.3) is 0 Å². The number of hydrogen-bond acceptors (Lipinski definition) is 6. The van der Waals surface area contributed by atoms with E-state index in [1.54, 1.807) is 31.4 Å². The number of carbonyl (C=O) groups is 2. The fourth-order valence-corrected chi connectivity index (χ4v) is 4.30. The second kappa shape index (κ2) is 10.4. The number of rotatable bonds is 7. The molecule has 0 aromatic heterocycles. The van der Waals surface area contributed by atoms with E-state index in [2.05, 4.69) is 32.6 Å². The minimum absolute atomic E-state index is 0.0511. The summed E-state index contributed by atoms with van der Waals surface area (Å²) in [6, 6.07) is 14.7. The van der Waals surface area contributed by atoms with Crippen molar-refractivity contribution in [1.29, 1.82) is 5.26 Å². The maximum absolute atomic E-state index is 12.3. The average Bonchev–Trinajstić information content (AvgIpc) is 2.78.